The number of carbonyl (C=O) groups excluding carboxylic acids is 1. The molecule has 1 heterocycles. The van der Waals surface area contributed by atoms with E-state index in [1.807, 2.05) is 6.07 Å². The van der Waals surface area contributed by atoms with Gasteiger partial charge in [-0.15, -0.1) is 0 Å². The molecule has 6 nitrogen and oxygen atoms in total. The molecule has 1 aromatic heterocycles. The molecule has 20 heavy (non-hydrogen) atoms. The predicted molar refractivity (Wildman–Crippen MR) is 79.8 cm³/mol. The molecule has 7 heteroatoms. The van der Waals surface area contributed by atoms with Crippen LogP contribution in [-0.2, 0) is 11.3 Å². The SMILES string of the molecule is CC(C)(Cn1cnc2ccc(Br)cc2c1=O)C(=O)NN. The molecule has 0 aliphatic rings. The van der Waals surface area contributed by atoms with Crippen LogP contribution in [0.4, 0.5) is 0 Å². The lowest BCUT2D eigenvalue weighted by Crippen LogP contribution is -2.44. The van der Waals surface area contributed by atoms with Gasteiger partial charge >= 0.3 is 0 Å². The first-order valence-electron chi connectivity index (χ1n) is 6.01. The first-order chi connectivity index (χ1) is 9.35. The number of carbonyl (C=O) groups is 1. The van der Waals surface area contributed by atoms with Crippen LogP contribution in [0.5, 0.6) is 0 Å². The molecule has 0 spiro atoms. The predicted octanol–water partition coefficient (Wildman–Crippen LogP) is 1.18. The van der Waals surface area contributed by atoms with Crippen LogP contribution in [0, 0.1) is 5.41 Å². The van der Waals surface area contributed by atoms with Gasteiger partial charge < -0.3 is 0 Å². The van der Waals surface area contributed by atoms with Crippen LogP contribution in [0.2, 0.25) is 0 Å². The molecule has 1 amide bonds. The molecule has 0 unspecified atom stereocenters. The number of nitrogens with two attached hydrogens (primary N) is 1. The summed E-state index contributed by atoms with van der Waals surface area (Å²) in [6.45, 7) is 3.63. The highest BCUT2D eigenvalue weighted by Crippen LogP contribution is 2.19. The minimum atomic E-state index is -0.806. The van der Waals surface area contributed by atoms with Gasteiger partial charge in [0, 0.05) is 11.0 Å². The number of aromatic nitrogens is 2. The molecule has 1 aromatic carbocycles. The Balaban J connectivity index is 2.49. The maximum absolute atomic E-state index is 12.4. The zero-order valence-corrected chi connectivity index (χ0v) is 12.8. The zero-order valence-electron chi connectivity index (χ0n) is 11.2. The van der Waals surface area contributed by atoms with Crippen molar-refractivity contribution in [2.24, 2.45) is 11.3 Å². The molecular weight excluding hydrogens is 324 g/mol. The Morgan fingerprint density at radius 3 is 2.85 bits per heavy atom. The van der Waals surface area contributed by atoms with Gasteiger partial charge in [0.1, 0.15) is 0 Å². The van der Waals surface area contributed by atoms with E-state index in [4.69, 9.17) is 5.84 Å². The molecule has 0 bridgehead atoms. The molecule has 0 fully saturated rings. The summed E-state index contributed by atoms with van der Waals surface area (Å²) in [5.41, 5.74) is 1.74. The fourth-order valence-corrected chi connectivity index (χ4v) is 2.30. The summed E-state index contributed by atoms with van der Waals surface area (Å²) in [6, 6.07) is 5.31. The summed E-state index contributed by atoms with van der Waals surface area (Å²) in [7, 11) is 0. The lowest BCUT2D eigenvalue weighted by Gasteiger charge is -2.23. The fourth-order valence-electron chi connectivity index (χ4n) is 1.94. The van der Waals surface area contributed by atoms with Gasteiger partial charge in [0.15, 0.2) is 0 Å². The molecular formula is C13H15BrN4O2. The molecule has 0 atom stereocenters. The van der Waals surface area contributed by atoms with Crippen molar-refractivity contribution < 1.29 is 4.79 Å². The maximum atomic E-state index is 12.4. The molecule has 0 aliphatic carbocycles. The van der Waals surface area contributed by atoms with E-state index in [1.54, 1.807) is 26.0 Å². The van der Waals surface area contributed by atoms with Crippen molar-refractivity contribution in [3.8, 4) is 0 Å². The molecule has 2 rings (SSSR count). The second kappa shape index (κ2) is 5.34. The molecule has 3 N–H and O–H groups in total. The van der Waals surface area contributed by atoms with Crippen LogP contribution in [0.3, 0.4) is 0 Å². The van der Waals surface area contributed by atoms with E-state index in [9.17, 15) is 9.59 Å². The van der Waals surface area contributed by atoms with Gasteiger partial charge in [-0.2, -0.15) is 0 Å². The van der Waals surface area contributed by atoms with Crippen molar-refractivity contribution in [2.45, 2.75) is 20.4 Å². The average molecular weight is 339 g/mol. The Morgan fingerprint density at radius 2 is 2.20 bits per heavy atom. The minimum absolute atomic E-state index is 0.186. The molecule has 106 valence electrons. The second-order valence-electron chi connectivity index (χ2n) is 5.20. The van der Waals surface area contributed by atoms with Gasteiger partial charge in [0.2, 0.25) is 5.91 Å². The molecule has 0 saturated heterocycles. The van der Waals surface area contributed by atoms with Gasteiger partial charge in [0.25, 0.3) is 5.56 Å². The lowest BCUT2D eigenvalue weighted by atomic mass is 9.92. The van der Waals surface area contributed by atoms with Crippen molar-refractivity contribution in [3.63, 3.8) is 0 Å². The molecule has 0 saturated carbocycles. The number of hydrogen-bond donors (Lipinski definition) is 2. The van der Waals surface area contributed by atoms with E-state index in [2.05, 4.69) is 26.3 Å². The molecule has 0 radical (unpaired) electrons. The topological polar surface area (TPSA) is 90.0 Å². The smallest absolute Gasteiger partial charge is 0.261 e. The Morgan fingerprint density at radius 1 is 1.50 bits per heavy atom. The normalized spacial score (nSPS) is 11.6. The first-order valence-corrected chi connectivity index (χ1v) is 6.80. The summed E-state index contributed by atoms with van der Waals surface area (Å²) < 4.78 is 2.23. The van der Waals surface area contributed by atoms with Gasteiger partial charge in [-0.25, -0.2) is 10.8 Å². The van der Waals surface area contributed by atoms with Gasteiger partial charge in [-0.05, 0) is 32.0 Å². The fraction of sp³-hybridized carbons (Fsp3) is 0.308. The van der Waals surface area contributed by atoms with E-state index in [-0.39, 0.29) is 18.0 Å². The third-order valence-electron chi connectivity index (χ3n) is 3.10. The van der Waals surface area contributed by atoms with Crippen LogP contribution in [-0.4, -0.2) is 15.5 Å². The van der Waals surface area contributed by atoms with Crippen molar-refractivity contribution in [1.82, 2.24) is 15.0 Å². The van der Waals surface area contributed by atoms with Gasteiger partial charge in [0.05, 0.1) is 22.6 Å². The van der Waals surface area contributed by atoms with Crippen molar-refractivity contribution >= 4 is 32.7 Å². The van der Waals surface area contributed by atoms with E-state index in [0.717, 1.165) is 4.47 Å². The van der Waals surface area contributed by atoms with E-state index in [1.165, 1.54) is 10.9 Å². The van der Waals surface area contributed by atoms with Crippen LogP contribution < -0.4 is 16.8 Å². The highest BCUT2D eigenvalue weighted by molar-refractivity contribution is 9.10. The number of hydrazine groups is 1. The average Bonchev–Trinajstić information content (AvgIpc) is 2.41. The first kappa shape index (κ1) is 14.7. The van der Waals surface area contributed by atoms with Crippen LogP contribution in [0.15, 0.2) is 33.8 Å². The van der Waals surface area contributed by atoms with Crippen LogP contribution in [0.25, 0.3) is 10.9 Å². The number of fused-ring (bicyclic) bond motifs is 1. The second-order valence-corrected chi connectivity index (χ2v) is 6.11. The number of rotatable bonds is 3. The molecule has 2 aromatic rings. The standard InChI is InChI=1S/C13H15BrN4O2/c1-13(2,12(20)17-15)6-18-7-16-10-4-3-8(14)5-9(10)11(18)19/h3-5,7H,6,15H2,1-2H3,(H,17,20). The minimum Gasteiger partial charge on any atom is -0.298 e. The van der Waals surface area contributed by atoms with E-state index >= 15 is 0 Å². The zero-order chi connectivity index (χ0) is 14.9. The summed E-state index contributed by atoms with van der Waals surface area (Å²) in [4.78, 5) is 28.3. The lowest BCUT2D eigenvalue weighted by molar-refractivity contribution is -0.130. The Hall–Kier alpha value is -1.73. The van der Waals surface area contributed by atoms with Crippen molar-refractivity contribution in [1.29, 1.82) is 0 Å². The number of benzene rings is 1. The maximum Gasteiger partial charge on any atom is 0.261 e. The number of nitrogens with zero attached hydrogens (tertiary/aromatic N) is 2. The summed E-state index contributed by atoms with van der Waals surface area (Å²) in [6.07, 6.45) is 1.45. The van der Waals surface area contributed by atoms with Gasteiger partial charge in [-0.3, -0.25) is 19.6 Å². The number of hydrogen-bond acceptors (Lipinski definition) is 4. The van der Waals surface area contributed by atoms with Crippen LogP contribution in [0.1, 0.15) is 13.8 Å². The van der Waals surface area contributed by atoms with Crippen LogP contribution >= 0.6 is 15.9 Å². The largest absolute Gasteiger partial charge is 0.298 e. The highest BCUT2D eigenvalue weighted by atomic mass is 79.9. The summed E-state index contributed by atoms with van der Waals surface area (Å²) in [5.74, 6) is 4.82. The molecule has 0 aliphatic heterocycles. The highest BCUT2D eigenvalue weighted by Gasteiger charge is 2.28. The van der Waals surface area contributed by atoms with E-state index in [0.29, 0.717) is 10.9 Å². The van der Waals surface area contributed by atoms with E-state index < -0.39 is 5.41 Å². The third-order valence-corrected chi connectivity index (χ3v) is 3.59. The monoisotopic (exact) mass is 338 g/mol. The number of amides is 1. The Labute approximate surface area is 124 Å². The number of halogens is 1. The Kier molecular flexibility index (Phi) is 3.92. The Bertz CT molecular complexity index is 724. The summed E-state index contributed by atoms with van der Waals surface area (Å²) in [5, 5.41) is 0.505. The number of nitrogens with one attached hydrogen (secondary N) is 1. The van der Waals surface area contributed by atoms with Crippen molar-refractivity contribution in [3.05, 3.63) is 39.4 Å². The van der Waals surface area contributed by atoms with Gasteiger partial charge in [-0.1, -0.05) is 15.9 Å². The quantitative estimate of drug-likeness (QED) is 0.499. The van der Waals surface area contributed by atoms with Crippen molar-refractivity contribution in [2.75, 3.05) is 0 Å². The summed E-state index contributed by atoms with van der Waals surface area (Å²) >= 11 is 3.33. The third kappa shape index (κ3) is 2.73.